The van der Waals surface area contributed by atoms with Crippen LogP contribution in [0.3, 0.4) is 0 Å². The molecule has 14 nitrogen and oxygen atoms in total. The number of nitrogens with one attached hydrogen (secondary N) is 1. The molecule has 45 heavy (non-hydrogen) atoms. The van der Waals surface area contributed by atoms with Gasteiger partial charge < -0.3 is 54.6 Å². The Morgan fingerprint density at radius 2 is 1.76 bits per heavy atom. The van der Waals surface area contributed by atoms with Gasteiger partial charge in [0.05, 0.1) is 31.2 Å². The number of esters is 2. The van der Waals surface area contributed by atoms with Gasteiger partial charge >= 0.3 is 11.9 Å². The zero-order chi connectivity index (χ0) is 33.4. The minimum absolute atomic E-state index is 0.0727. The second-order valence-electron chi connectivity index (χ2n) is 13.7. The van der Waals surface area contributed by atoms with Crippen LogP contribution >= 0.6 is 0 Å². The van der Waals surface area contributed by atoms with Crippen molar-refractivity contribution in [2.45, 2.75) is 114 Å². The van der Waals surface area contributed by atoms with Crippen LogP contribution in [0.2, 0.25) is 0 Å². The van der Waals surface area contributed by atoms with Gasteiger partial charge in [-0.2, -0.15) is 0 Å². The molecule has 7 N–H and O–H groups in total. The molecule has 4 aliphatic rings. The third kappa shape index (κ3) is 4.84. The molecular formula is C31H43NO13. The van der Waals surface area contributed by atoms with Crippen LogP contribution in [0.4, 0.5) is 0 Å². The van der Waals surface area contributed by atoms with E-state index in [1.54, 1.807) is 13.8 Å². The van der Waals surface area contributed by atoms with E-state index in [1.165, 1.54) is 39.2 Å². The van der Waals surface area contributed by atoms with Crippen molar-refractivity contribution >= 4 is 17.8 Å². The first-order valence-electron chi connectivity index (χ1n) is 15.0. The summed E-state index contributed by atoms with van der Waals surface area (Å²) in [5.74, 6) is -3.86. The van der Waals surface area contributed by atoms with Crippen LogP contribution in [0.5, 0.6) is 0 Å². The summed E-state index contributed by atoms with van der Waals surface area (Å²) in [6.45, 7) is 8.23. The van der Waals surface area contributed by atoms with Gasteiger partial charge in [0, 0.05) is 43.4 Å². The number of furan rings is 1. The molecule has 1 amide bonds. The fraction of sp³-hybridized carbons (Fsp3) is 0.710. The first-order valence-corrected chi connectivity index (χ1v) is 15.0. The Kier molecular flexibility index (Phi) is 8.30. The van der Waals surface area contributed by atoms with Gasteiger partial charge in [-0.05, 0) is 30.2 Å². The lowest BCUT2D eigenvalue weighted by Crippen LogP contribution is -2.81. The van der Waals surface area contributed by atoms with Crippen molar-refractivity contribution in [2.24, 2.45) is 16.7 Å². The number of ether oxygens (including phenoxy) is 3. The molecule has 3 fully saturated rings. The summed E-state index contributed by atoms with van der Waals surface area (Å²) in [7, 11) is 0. The monoisotopic (exact) mass is 637 g/mol. The Morgan fingerprint density at radius 3 is 2.29 bits per heavy atom. The van der Waals surface area contributed by atoms with Crippen molar-refractivity contribution in [3.05, 3.63) is 35.3 Å². The Bertz CT molecular complexity index is 1380. The third-order valence-electron chi connectivity index (χ3n) is 10.9. The summed E-state index contributed by atoms with van der Waals surface area (Å²) < 4.78 is 22.4. The fourth-order valence-electron chi connectivity index (χ4n) is 8.36. The van der Waals surface area contributed by atoms with Crippen LogP contribution in [-0.4, -0.2) is 109 Å². The number of rotatable bonds is 6. The van der Waals surface area contributed by atoms with E-state index in [0.717, 1.165) is 6.92 Å². The van der Waals surface area contributed by atoms with Crippen molar-refractivity contribution in [2.75, 3.05) is 6.61 Å². The number of carbonyl (C=O) groups is 3. The number of hydrogen-bond acceptors (Lipinski definition) is 13. The smallest absolute Gasteiger partial charge is 0.338 e. The molecule has 1 aromatic rings. The van der Waals surface area contributed by atoms with E-state index < -0.39 is 101 Å². The molecule has 0 spiro atoms. The molecule has 3 aliphatic carbocycles. The van der Waals surface area contributed by atoms with E-state index in [-0.39, 0.29) is 29.9 Å². The quantitative estimate of drug-likeness (QED) is 0.153. The largest absolute Gasteiger partial charge is 0.467 e. The van der Waals surface area contributed by atoms with Crippen molar-refractivity contribution < 1.29 is 63.7 Å². The van der Waals surface area contributed by atoms with Gasteiger partial charge in [-0.25, -0.2) is 4.79 Å². The lowest BCUT2D eigenvalue weighted by atomic mass is 9.44. The van der Waals surface area contributed by atoms with E-state index in [0.29, 0.717) is 0 Å². The van der Waals surface area contributed by atoms with Gasteiger partial charge in [0.1, 0.15) is 41.3 Å². The SMILES string of the molecule is CC(=O)N[C@@H](c1ccco1)[C@@H](O)C(=O)OC1C[C@@]2(O)[C@@H](OC(C)=O)[C@@H]3[C@]4(O)CO[C@@H]4C[C@H](O)[C@@]3(C)[C@H](O)[C@H](O)C(=C1C)C2(C)C. The van der Waals surface area contributed by atoms with Crippen molar-refractivity contribution in [1.29, 1.82) is 0 Å². The van der Waals surface area contributed by atoms with Crippen molar-refractivity contribution in [3.8, 4) is 0 Å². The van der Waals surface area contributed by atoms with Gasteiger partial charge in [0.25, 0.3) is 0 Å². The summed E-state index contributed by atoms with van der Waals surface area (Å²) in [6.07, 6.45) is -9.86. The van der Waals surface area contributed by atoms with E-state index in [9.17, 15) is 45.0 Å². The Hall–Kier alpha value is -2.85. The molecule has 250 valence electrons. The maximum Gasteiger partial charge on any atom is 0.338 e. The highest BCUT2D eigenvalue weighted by Gasteiger charge is 2.76. The van der Waals surface area contributed by atoms with Crippen LogP contribution in [0, 0.1) is 16.7 Å². The summed E-state index contributed by atoms with van der Waals surface area (Å²) in [4.78, 5) is 38.0. The molecule has 1 saturated heterocycles. The van der Waals surface area contributed by atoms with Crippen LogP contribution in [0.1, 0.15) is 66.2 Å². The van der Waals surface area contributed by atoms with E-state index in [1.807, 2.05) is 0 Å². The average Bonchev–Trinajstić information content (AvgIpc) is 3.48. The van der Waals surface area contributed by atoms with E-state index >= 15 is 0 Å². The van der Waals surface area contributed by atoms with Crippen molar-refractivity contribution in [1.82, 2.24) is 5.32 Å². The van der Waals surface area contributed by atoms with Gasteiger partial charge in [0.15, 0.2) is 6.10 Å². The average molecular weight is 638 g/mol. The highest BCUT2D eigenvalue weighted by Crippen LogP contribution is 2.64. The highest BCUT2D eigenvalue weighted by molar-refractivity contribution is 5.79. The lowest BCUT2D eigenvalue weighted by Gasteiger charge is -2.68. The molecule has 0 radical (unpaired) electrons. The Morgan fingerprint density at radius 1 is 1.09 bits per heavy atom. The van der Waals surface area contributed by atoms with Crippen LogP contribution in [-0.2, 0) is 28.6 Å². The molecule has 12 atom stereocenters. The van der Waals surface area contributed by atoms with E-state index in [4.69, 9.17) is 18.6 Å². The van der Waals surface area contributed by atoms with Crippen molar-refractivity contribution in [3.63, 3.8) is 0 Å². The number of fused-ring (bicyclic) bond motifs is 5. The molecule has 2 saturated carbocycles. The predicted octanol–water partition coefficient (Wildman–Crippen LogP) is -0.609. The number of aliphatic hydroxyl groups is 6. The second kappa shape index (κ2) is 11.1. The summed E-state index contributed by atoms with van der Waals surface area (Å²) in [5, 5.41) is 73.3. The zero-order valence-corrected chi connectivity index (χ0v) is 26.1. The van der Waals surface area contributed by atoms with Gasteiger partial charge in [-0.15, -0.1) is 0 Å². The number of aliphatic hydroxyl groups excluding tert-OH is 4. The zero-order valence-electron chi connectivity index (χ0n) is 26.1. The normalized spacial score (nSPS) is 41.6. The van der Waals surface area contributed by atoms with Crippen LogP contribution in [0.15, 0.2) is 34.0 Å². The maximum atomic E-state index is 13.4. The van der Waals surface area contributed by atoms with Gasteiger partial charge in [-0.3, -0.25) is 9.59 Å². The molecule has 1 aromatic heterocycles. The molecule has 0 aromatic carbocycles. The first kappa shape index (κ1) is 33.5. The lowest BCUT2D eigenvalue weighted by molar-refractivity contribution is -0.365. The number of carbonyl (C=O) groups excluding carboxylic acids is 3. The summed E-state index contributed by atoms with van der Waals surface area (Å²) >= 11 is 0. The molecule has 1 aliphatic heterocycles. The van der Waals surface area contributed by atoms with E-state index in [2.05, 4.69) is 5.32 Å². The Labute approximate surface area is 260 Å². The maximum absolute atomic E-state index is 13.4. The third-order valence-corrected chi connectivity index (χ3v) is 10.9. The molecule has 2 bridgehead atoms. The highest BCUT2D eigenvalue weighted by atomic mass is 16.6. The molecule has 14 heteroatoms. The molecule has 2 heterocycles. The minimum Gasteiger partial charge on any atom is -0.467 e. The summed E-state index contributed by atoms with van der Waals surface area (Å²) in [5.41, 5.74) is -6.80. The van der Waals surface area contributed by atoms with Gasteiger partial charge in [0.2, 0.25) is 5.91 Å². The van der Waals surface area contributed by atoms with Crippen LogP contribution in [0.25, 0.3) is 0 Å². The standard InChI is InChI=1S/C31H43NO13/c1-13-17(45-27(39)23(37)21(32-14(2)33)16-8-7-9-42-16)11-31(41)26(44-15(3)34)24-29(6,18(35)10-19-30(24,40)12-43-19)25(38)22(36)20(13)28(31,4)5/h7-9,17-19,21-26,35-38,40-41H,10-12H2,1-6H3,(H,32,33)/t17?,18-,19+,21-,22+,23+,24-,25+,26-,29+,30-,31+/m0/s1. The van der Waals surface area contributed by atoms with Crippen LogP contribution < -0.4 is 5.32 Å². The predicted molar refractivity (Wildman–Crippen MR) is 152 cm³/mol. The molecule has 5 rings (SSSR count). The minimum atomic E-state index is -2.18. The summed E-state index contributed by atoms with van der Waals surface area (Å²) in [6, 6.07) is 1.64. The first-order chi connectivity index (χ1) is 20.8. The fourth-order valence-corrected chi connectivity index (χ4v) is 8.36. The molecule has 1 unspecified atom stereocenters. The number of hydrogen-bond donors (Lipinski definition) is 7. The number of amides is 1. The molecular weight excluding hydrogens is 594 g/mol. The topological polar surface area (TPSA) is 225 Å². The second-order valence-corrected chi connectivity index (χ2v) is 13.7. The Balaban J connectivity index is 1.63. The van der Waals surface area contributed by atoms with Gasteiger partial charge in [-0.1, -0.05) is 20.8 Å².